The van der Waals surface area contributed by atoms with Crippen LogP contribution in [-0.4, -0.2) is 40.7 Å². The summed E-state index contributed by atoms with van der Waals surface area (Å²) in [6, 6.07) is 1.13. The van der Waals surface area contributed by atoms with Crippen LogP contribution < -0.4 is 4.18 Å². The van der Waals surface area contributed by atoms with Gasteiger partial charge in [-0.15, -0.1) is 0 Å². The fourth-order valence-electron chi connectivity index (χ4n) is 2.32. The predicted molar refractivity (Wildman–Crippen MR) is 75.4 cm³/mol. The maximum Gasteiger partial charge on any atom is 0.488 e. The molecule has 120 valence electrons. The predicted octanol–water partition coefficient (Wildman–Crippen LogP) is 0.663. The van der Waals surface area contributed by atoms with Crippen LogP contribution in [0.5, 0.6) is 5.75 Å². The molecular formula is C13H11FN4O4S. The molecule has 23 heavy (non-hydrogen) atoms. The highest BCUT2D eigenvalue weighted by atomic mass is 32.3. The van der Waals surface area contributed by atoms with E-state index in [1.54, 1.807) is 11.1 Å². The van der Waals surface area contributed by atoms with E-state index >= 15 is 0 Å². The zero-order valence-electron chi connectivity index (χ0n) is 11.7. The highest BCUT2D eigenvalue weighted by Crippen LogP contribution is 2.20. The molecule has 3 heterocycles. The highest BCUT2D eigenvalue weighted by Gasteiger charge is 2.23. The van der Waals surface area contributed by atoms with Crippen LogP contribution >= 0.6 is 0 Å². The van der Waals surface area contributed by atoms with Crippen molar-refractivity contribution < 1.29 is 21.3 Å². The van der Waals surface area contributed by atoms with Crippen LogP contribution in [0.3, 0.4) is 0 Å². The summed E-state index contributed by atoms with van der Waals surface area (Å²) in [5, 5.41) is 0. The smallest absolute Gasteiger partial charge is 0.357 e. The second-order valence-electron chi connectivity index (χ2n) is 4.86. The standard InChI is InChI=1S/C13H11FN4O4S/c14-23(20,21)22-11-3-9(4-15-6-11)13(19)18-2-1-12-10(7-18)5-16-8-17-12/h3-6,8H,1-2,7H2. The minimum Gasteiger partial charge on any atom is -0.357 e. The number of hydrogen-bond donors (Lipinski definition) is 0. The molecule has 0 bridgehead atoms. The summed E-state index contributed by atoms with van der Waals surface area (Å²) in [6.07, 6.45) is 5.96. The summed E-state index contributed by atoms with van der Waals surface area (Å²) in [5.41, 5.74) is 1.84. The maximum atomic E-state index is 12.5. The molecule has 0 unspecified atom stereocenters. The van der Waals surface area contributed by atoms with Gasteiger partial charge in [-0.2, -0.15) is 8.42 Å². The number of amides is 1. The minimum atomic E-state index is -5.17. The lowest BCUT2D eigenvalue weighted by atomic mass is 10.1. The van der Waals surface area contributed by atoms with Gasteiger partial charge in [0.25, 0.3) is 5.91 Å². The van der Waals surface area contributed by atoms with Gasteiger partial charge in [0.05, 0.1) is 17.5 Å². The number of aromatic nitrogens is 3. The molecule has 1 aliphatic heterocycles. The number of carbonyl (C=O) groups is 1. The number of pyridine rings is 1. The molecular weight excluding hydrogens is 327 g/mol. The van der Waals surface area contributed by atoms with Gasteiger partial charge in [0.1, 0.15) is 6.33 Å². The van der Waals surface area contributed by atoms with Gasteiger partial charge in [-0.1, -0.05) is 3.89 Å². The van der Waals surface area contributed by atoms with Gasteiger partial charge < -0.3 is 9.08 Å². The molecule has 1 amide bonds. The molecule has 2 aromatic rings. The van der Waals surface area contributed by atoms with Crippen LogP contribution in [0.1, 0.15) is 21.6 Å². The van der Waals surface area contributed by atoms with Crippen LogP contribution in [0.25, 0.3) is 0 Å². The molecule has 0 saturated carbocycles. The lowest BCUT2D eigenvalue weighted by Gasteiger charge is -2.27. The van der Waals surface area contributed by atoms with E-state index in [4.69, 9.17) is 0 Å². The molecule has 8 nitrogen and oxygen atoms in total. The third-order valence-corrected chi connectivity index (χ3v) is 3.70. The molecule has 0 aromatic carbocycles. The van der Waals surface area contributed by atoms with Gasteiger partial charge in [-0.3, -0.25) is 9.78 Å². The average molecular weight is 338 g/mol. The van der Waals surface area contributed by atoms with Crippen LogP contribution in [0.15, 0.2) is 31.0 Å². The summed E-state index contributed by atoms with van der Waals surface area (Å²) in [7, 11) is -5.17. The van der Waals surface area contributed by atoms with Crippen molar-refractivity contribution in [3.05, 3.63) is 47.8 Å². The fraction of sp³-hybridized carbons (Fsp3) is 0.231. The van der Waals surface area contributed by atoms with E-state index in [0.29, 0.717) is 19.5 Å². The first-order valence-corrected chi connectivity index (χ1v) is 7.89. The van der Waals surface area contributed by atoms with Crippen molar-refractivity contribution in [1.29, 1.82) is 0 Å². The number of fused-ring (bicyclic) bond motifs is 1. The average Bonchev–Trinajstić information content (AvgIpc) is 2.52. The van der Waals surface area contributed by atoms with Gasteiger partial charge in [-0.05, 0) is 6.07 Å². The minimum absolute atomic E-state index is 0.103. The van der Waals surface area contributed by atoms with E-state index in [1.165, 1.54) is 12.5 Å². The van der Waals surface area contributed by atoms with Gasteiger partial charge in [0.2, 0.25) is 0 Å². The van der Waals surface area contributed by atoms with Crippen molar-refractivity contribution >= 4 is 16.4 Å². The van der Waals surface area contributed by atoms with E-state index in [2.05, 4.69) is 19.1 Å². The van der Waals surface area contributed by atoms with Crippen LogP contribution in [0.4, 0.5) is 3.89 Å². The number of hydrogen-bond acceptors (Lipinski definition) is 7. The van der Waals surface area contributed by atoms with E-state index in [-0.39, 0.29) is 17.2 Å². The summed E-state index contributed by atoms with van der Waals surface area (Å²) >= 11 is 0. The second kappa shape index (κ2) is 5.88. The summed E-state index contributed by atoms with van der Waals surface area (Å²) < 4.78 is 37.6. The van der Waals surface area contributed by atoms with E-state index in [0.717, 1.165) is 23.5 Å². The molecule has 10 heteroatoms. The van der Waals surface area contributed by atoms with Crippen molar-refractivity contribution in [3.8, 4) is 5.75 Å². The Balaban J connectivity index is 1.80. The third kappa shape index (κ3) is 3.59. The van der Waals surface area contributed by atoms with Crippen molar-refractivity contribution in [2.24, 2.45) is 0 Å². The molecule has 0 N–H and O–H groups in total. The Labute approximate surface area is 131 Å². The highest BCUT2D eigenvalue weighted by molar-refractivity contribution is 7.81. The summed E-state index contributed by atoms with van der Waals surface area (Å²) in [5.74, 6) is -0.729. The summed E-state index contributed by atoms with van der Waals surface area (Å²) in [6.45, 7) is 0.789. The normalized spacial score (nSPS) is 14.2. The molecule has 1 aliphatic rings. The second-order valence-corrected chi connectivity index (χ2v) is 5.81. The Kier molecular flexibility index (Phi) is 3.90. The lowest BCUT2D eigenvalue weighted by molar-refractivity contribution is 0.0732. The molecule has 0 atom stereocenters. The molecule has 0 spiro atoms. The van der Waals surface area contributed by atoms with Crippen molar-refractivity contribution in [2.75, 3.05) is 6.54 Å². The molecule has 0 aliphatic carbocycles. The first kappa shape index (κ1) is 15.3. The van der Waals surface area contributed by atoms with E-state index < -0.39 is 10.5 Å². The maximum absolute atomic E-state index is 12.5. The van der Waals surface area contributed by atoms with E-state index in [1.807, 2.05) is 0 Å². The first-order valence-electron chi connectivity index (χ1n) is 6.58. The van der Waals surface area contributed by atoms with Gasteiger partial charge >= 0.3 is 10.5 Å². The zero-order chi connectivity index (χ0) is 16.4. The fourth-order valence-corrected chi connectivity index (χ4v) is 2.64. The Morgan fingerprint density at radius 1 is 1.26 bits per heavy atom. The Bertz CT molecular complexity index is 859. The molecule has 0 radical (unpaired) electrons. The molecule has 2 aromatic heterocycles. The summed E-state index contributed by atoms with van der Waals surface area (Å²) in [4.78, 5) is 25.8. The molecule has 0 saturated heterocycles. The third-order valence-electron chi connectivity index (χ3n) is 3.30. The Morgan fingerprint density at radius 3 is 2.87 bits per heavy atom. The van der Waals surface area contributed by atoms with Crippen molar-refractivity contribution in [3.63, 3.8) is 0 Å². The Hall–Kier alpha value is -2.62. The van der Waals surface area contributed by atoms with Crippen LogP contribution in [-0.2, 0) is 23.5 Å². The first-order chi connectivity index (χ1) is 10.9. The Morgan fingerprint density at radius 2 is 2.09 bits per heavy atom. The van der Waals surface area contributed by atoms with Gasteiger partial charge in [-0.25, -0.2) is 9.97 Å². The van der Waals surface area contributed by atoms with Gasteiger partial charge in [0, 0.05) is 37.5 Å². The van der Waals surface area contributed by atoms with Crippen LogP contribution in [0, 0.1) is 0 Å². The monoisotopic (exact) mass is 338 g/mol. The molecule has 3 rings (SSSR count). The van der Waals surface area contributed by atoms with Crippen molar-refractivity contribution in [1.82, 2.24) is 19.9 Å². The number of carbonyl (C=O) groups excluding carboxylic acids is 1. The largest absolute Gasteiger partial charge is 0.488 e. The quantitative estimate of drug-likeness (QED) is 0.758. The topological polar surface area (TPSA) is 102 Å². The van der Waals surface area contributed by atoms with Crippen LogP contribution in [0.2, 0.25) is 0 Å². The SMILES string of the molecule is O=C(c1cncc(OS(=O)(=O)F)c1)N1CCc2ncncc2C1. The number of halogens is 1. The van der Waals surface area contributed by atoms with Crippen molar-refractivity contribution in [2.45, 2.75) is 13.0 Å². The number of nitrogens with zero attached hydrogens (tertiary/aromatic N) is 4. The van der Waals surface area contributed by atoms with Gasteiger partial charge in [0.15, 0.2) is 5.75 Å². The van der Waals surface area contributed by atoms with E-state index in [9.17, 15) is 17.1 Å². The lowest BCUT2D eigenvalue weighted by Crippen LogP contribution is -2.36. The zero-order valence-corrected chi connectivity index (χ0v) is 12.5. The number of rotatable bonds is 3. The molecule has 0 fully saturated rings.